The number of rotatable bonds is 6. The second kappa shape index (κ2) is 6.26. The third-order valence-electron chi connectivity index (χ3n) is 2.39. The van der Waals surface area contributed by atoms with Gasteiger partial charge in [-0.15, -0.1) is 0 Å². The predicted octanol–water partition coefficient (Wildman–Crippen LogP) is -0.601. The summed E-state index contributed by atoms with van der Waals surface area (Å²) in [5, 5.41) is 8.71. The molecule has 2 rings (SSSR count). The minimum absolute atomic E-state index is 0.114. The first-order valence-corrected chi connectivity index (χ1v) is 7.22. The zero-order chi connectivity index (χ0) is 14.4. The van der Waals surface area contributed by atoms with Crippen LogP contribution in [0.2, 0.25) is 0 Å². The molecule has 8 nitrogen and oxygen atoms in total. The zero-order valence-electron chi connectivity index (χ0n) is 10.4. The predicted molar refractivity (Wildman–Crippen MR) is 69.9 cm³/mol. The summed E-state index contributed by atoms with van der Waals surface area (Å²) in [7, 11) is -3.67. The first-order chi connectivity index (χ1) is 9.58. The van der Waals surface area contributed by atoms with E-state index < -0.39 is 15.9 Å². The van der Waals surface area contributed by atoms with Crippen molar-refractivity contribution in [1.82, 2.24) is 25.2 Å². The average molecular weight is 295 g/mol. The average Bonchev–Trinajstić information content (AvgIpc) is 2.97. The van der Waals surface area contributed by atoms with Crippen molar-refractivity contribution in [2.75, 3.05) is 6.54 Å². The lowest BCUT2D eigenvalue weighted by atomic mass is 10.4. The number of nitrogens with zero attached hydrogens (tertiary/aromatic N) is 2. The first-order valence-electron chi connectivity index (χ1n) is 5.73. The molecule has 0 saturated carbocycles. The van der Waals surface area contributed by atoms with Gasteiger partial charge in [-0.05, 0) is 12.1 Å². The van der Waals surface area contributed by atoms with Gasteiger partial charge >= 0.3 is 0 Å². The molecule has 2 aromatic rings. The molecule has 106 valence electrons. The fourth-order valence-electron chi connectivity index (χ4n) is 1.40. The maximum atomic E-state index is 11.8. The number of aromatic nitrogens is 3. The summed E-state index contributed by atoms with van der Waals surface area (Å²) in [6, 6.07) is 7.84. The van der Waals surface area contributed by atoms with Crippen LogP contribution in [0.3, 0.4) is 0 Å². The second-order valence-electron chi connectivity index (χ2n) is 3.85. The fourth-order valence-corrected chi connectivity index (χ4v) is 2.41. The summed E-state index contributed by atoms with van der Waals surface area (Å²) in [6.07, 6.45) is 1.32. The summed E-state index contributed by atoms with van der Waals surface area (Å²) in [4.78, 5) is 15.5. The van der Waals surface area contributed by atoms with Gasteiger partial charge in [0.1, 0.15) is 12.2 Å². The van der Waals surface area contributed by atoms with Crippen LogP contribution < -0.4 is 10.0 Å². The van der Waals surface area contributed by atoms with Crippen molar-refractivity contribution in [2.45, 2.75) is 11.4 Å². The lowest BCUT2D eigenvalue weighted by Gasteiger charge is -2.06. The highest BCUT2D eigenvalue weighted by Crippen LogP contribution is 2.06. The number of carbonyl (C=O) groups is 1. The number of amides is 1. The number of sulfonamides is 1. The van der Waals surface area contributed by atoms with E-state index in [1.54, 1.807) is 18.2 Å². The maximum absolute atomic E-state index is 11.8. The normalized spacial score (nSPS) is 11.2. The van der Waals surface area contributed by atoms with E-state index in [1.807, 2.05) is 0 Å². The molecule has 1 heterocycles. The lowest BCUT2D eigenvalue weighted by molar-refractivity contribution is -0.120. The van der Waals surface area contributed by atoms with Gasteiger partial charge in [0.2, 0.25) is 15.9 Å². The highest BCUT2D eigenvalue weighted by molar-refractivity contribution is 7.89. The van der Waals surface area contributed by atoms with E-state index >= 15 is 0 Å². The molecule has 0 unspecified atom stereocenters. The molecule has 9 heteroatoms. The molecule has 0 saturated heterocycles. The number of nitrogens with one attached hydrogen (secondary N) is 3. The van der Waals surface area contributed by atoms with E-state index in [0.717, 1.165) is 0 Å². The molecular formula is C11H13N5O3S. The van der Waals surface area contributed by atoms with Gasteiger partial charge in [0.05, 0.1) is 18.0 Å². The molecule has 0 atom stereocenters. The first kappa shape index (κ1) is 14.2. The topological polar surface area (TPSA) is 117 Å². The molecule has 0 spiro atoms. The van der Waals surface area contributed by atoms with Crippen LogP contribution in [0.25, 0.3) is 0 Å². The van der Waals surface area contributed by atoms with Crippen LogP contribution in [-0.4, -0.2) is 36.1 Å². The van der Waals surface area contributed by atoms with E-state index in [9.17, 15) is 13.2 Å². The summed E-state index contributed by atoms with van der Waals surface area (Å²) in [5.41, 5.74) is 0. The number of H-pyrrole nitrogens is 1. The highest BCUT2D eigenvalue weighted by Gasteiger charge is 2.14. The fraction of sp³-hybridized carbons (Fsp3) is 0.182. The van der Waals surface area contributed by atoms with Crippen molar-refractivity contribution in [3.63, 3.8) is 0 Å². The Labute approximate surface area is 115 Å². The molecule has 0 aliphatic carbocycles. The van der Waals surface area contributed by atoms with Crippen LogP contribution in [0.4, 0.5) is 0 Å². The third kappa shape index (κ3) is 3.87. The quantitative estimate of drug-likeness (QED) is 0.658. The minimum atomic E-state index is -3.67. The van der Waals surface area contributed by atoms with Crippen LogP contribution in [0.15, 0.2) is 41.6 Å². The Morgan fingerprint density at radius 1 is 1.25 bits per heavy atom. The Kier molecular flexibility index (Phi) is 4.43. The number of benzene rings is 1. The number of hydrogen-bond donors (Lipinski definition) is 3. The van der Waals surface area contributed by atoms with Crippen LogP contribution in [0, 0.1) is 0 Å². The number of aromatic amines is 1. The molecule has 20 heavy (non-hydrogen) atoms. The standard InChI is InChI=1S/C11H13N5O3S/c17-11(12-6-10-13-8-14-16-10)7-15-20(18,19)9-4-2-1-3-5-9/h1-5,8,15H,6-7H2,(H,12,17)(H,13,14,16). The molecule has 1 aromatic carbocycles. The van der Waals surface area contributed by atoms with Gasteiger partial charge in [-0.3, -0.25) is 9.89 Å². The Hall–Kier alpha value is -2.26. The SMILES string of the molecule is O=C(CNS(=O)(=O)c1ccccc1)NCc1ncn[nH]1. The van der Waals surface area contributed by atoms with Crippen LogP contribution in [-0.2, 0) is 21.4 Å². The molecule has 1 amide bonds. The van der Waals surface area contributed by atoms with Crippen molar-refractivity contribution in [3.05, 3.63) is 42.5 Å². The second-order valence-corrected chi connectivity index (χ2v) is 5.61. The van der Waals surface area contributed by atoms with E-state index in [1.165, 1.54) is 18.5 Å². The van der Waals surface area contributed by atoms with Crippen molar-refractivity contribution < 1.29 is 13.2 Å². The summed E-state index contributed by atoms with van der Waals surface area (Å²) in [6.45, 7) is -0.183. The van der Waals surface area contributed by atoms with Crippen LogP contribution in [0.5, 0.6) is 0 Å². The van der Waals surface area contributed by atoms with Crippen molar-refractivity contribution >= 4 is 15.9 Å². The Morgan fingerprint density at radius 3 is 2.65 bits per heavy atom. The monoisotopic (exact) mass is 295 g/mol. The van der Waals surface area contributed by atoms with Gasteiger partial charge in [-0.2, -0.15) is 5.10 Å². The number of hydrogen-bond acceptors (Lipinski definition) is 5. The van der Waals surface area contributed by atoms with Gasteiger partial charge < -0.3 is 5.32 Å². The summed E-state index contributed by atoms with van der Waals surface area (Å²) in [5.74, 6) is 0.0326. The molecule has 0 aliphatic rings. The van der Waals surface area contributed by atoms with Gasteiger partial charge in [0.15, 0.2) is 0 Å². The molecule has 0 aliphatic heterocycles. The maximum Gasteiger partial charge on any atom is 0.241 e. The molecule has 0 fully saturated rings. The number of carbonyl (C=O) groups excluding carboxylic acids is 1. The van der Waals surface area contributed by atoms with Gasteiger partial charge in [0, 0.05) is 0 Å². The molecular weight excluding hydrogens is 282 g/mol. The molecule has 0 radical (unpaired) electrons. The Balaban J connectivity index is 1.84. The van der Waals surface area contributed by atoms with Crippen molar-refractivity contribution in [1.29, 1.82) is 0 Å². The van der Waals surface area contributed by atoms with Gasteiger partial charge in [-0.1, -0.05) is 18.2 Å². The van der Waals surface area contributed by atoms with E-state index in [4.69, 9.17) is 0 Å². The van der Waals surface area contributed by atoms with Crippen LogP contribution >= 0.6 is 0 Å². The molecule has 0 bridgehead atoms. The largest absolute Gasteiger partial charge is 0.348 e. The van der Waals surface area contributed by atoms with E-state index in [2.05, 4.69) is 25.2 Å². The van der Waals surface area contributed by atoms with Gasteiger partial charge in [-0.25, -0.2) is 18.1 Å². The third-order valence-corrected chi connectivity index (χ3v) is 3.81. The Bertz CT molecular complexity index is 655. The van der Waals surface area contributed by atoms with Crippen LogP contribution in [0.1, 0.15) is 5.82 Å². The summed E-state index contributed by atoms with van der Waals surface area (Å²) < 4.78 is 25.9. The molecule has 3 N–H and O–H groups in total. The molecule has 1 aromatic heterocycles. The van der Waals surface area contributed by atoms with E-state index in [0.29, 0.717) is 5.82 Å². The smallest absolute Gasteiger partial charge is 0.241 e. The minimum Gasteiger partial charge on any atom is -0.348 e. The van der Waals surface area contributed by atoms with Crippen molar-refractivity contribution in [2.24, 2.45) is 0 Å². The van der Waals surface area contributed by atoms with E-state index in [-0.39, 0.29) is 18.0 Å². The lowest BCUT2D eigenvalue weighted by Crippen LogP contribution is -2.36. The zero-order valence-corrected chi connectivity index (χ0v) is 11.2. The Morgan fingerprint density at radius 2 is 2.00 bits per heavy atom. The van der Waals surface area contributed by atoms with Crippen molar-refractivity contribution in [3.8, 4) is 0 Å². The summed E-state index contributed by atoms with van der Waals surface area (Å²) >= 11 is 0. The van der Waals surface area contributed by atoms with Gasteiger partial charge in [0.25, 0.3) is 0 Å². The highest BCUT2D eigenvalue weighted by atomic mass is 32.2.